The van der Waals surface area contributed by atoms with Crippen LogP contribution in [-0.2, 0) is 34.0 Å². The maximum atomic E-state index is 10.7. The van der Waals surface area contributed by atoms with Gasteiger partial charge in [0.2, 0.25) is 0 Å². The Morgan fingerprint density at radius 2 is 0.935 bits per heavy atom. The largest absolute Gasteiger partial charge is 0.386 e. The van der Waals surface area contributed by atoms with Gasteiger partial charge in [-0.15, -0.1) is 0 Å². The van der Waals surface area contributed by atoms with Gasteiger partial charge in [0, 0.05) is 0 Å². The molecule has 1 N–H and O–H groups in total. The van der Waals surface area contributed by atoms with Gasteiger partial charge in [0.1, 0.15) is 24.4 Å². The summed E-state index contributed by atoms with van der Waals surface area (Å²) in [4.78, 5) is 0. The van der Waals surface area contributed by atoms with Gasteiger partial charge in [-0.2, -0.15) is 0 Å². The minimum atomic E-state index is -0.763. The van der Waals surface area contributed by atoms with Crippen LogP contribution in [0.5, 0.6) is 0 Å². The van der Waals surface area contributed by atoms with Gasteiger partial charge in [0.05, 0.1) is 19.8 Å². The van der Waals surface area contributed by atoms with Crippen LogP contribution in [0, 0.1) is 0 Å². The molecule has 0 saturated heterocycles. The monoisotopic (exact) mass is 416 g/mol. The molecule has 0 heterocycles. The molecule has 4 nitrogen and oxygen atoms in total. The molecule has 31 heavy (non-hydrogen) atoms. The lowest BCUT2D eigenvalue weighted by Crippen LogP contribution is -2.50. The fourth-order valence-electron chi connectivity index (χ4n) is 3.66. The SMILES string of the molecule is O[C@@H]1C=CC(OCc2ccccc2)C(OCc2ccccc2)[C@@H]1OCc1ccccc1. The van der Waals surface area contributed by atoms with Crippen molar-refractivity contribution < 1.29 is 19.3 Å². The summed E-state index contributed by atoms with van der Waals surface area (Å²) in [6.45, 7) is 1.28. The summed E-state index contributed by atoms with van der Waals surface area (Å²) < 4.78 is 18.6. The standard InChI is InChI=1S/C27H28O4/c28-24-16-17-25(29-18-21-10-4-1-5-11-21)27(31-20-23-14-8-3-9-15-23)26(24)30-19-22-12-6-2-7-13-22/h1-17,24-28H,18-20H2/t24-,25?,26-,27?/m1/s1. The molecule has 0 spiro atoms. The van der Waals surface area contributed by atoms with Crippen LogP contribution in [0.2, 0.25) is 0 Å². The van der Waals surface area contributed by atoms with E-state index in [1.165, 1.54) is 0 Å². The third-order valence-electron chi connectivity index (χ3n) is 5.34. The molecule has 1 aliphatic carbocycles. The van der Waals surface area contributed by atoms with Crippen molar-refractivity contribution in [2.75, 3.05) is 0 Å². The average molecular weight is 417 g/mol. The number of rotatable bonds is 9. The Balaban J connectivity index is 1.48. The Morgan fingerprint density at radius 1 is 0.516 bits per heavy atom. The van der Waals surface area contributed by atoms with Gasteiger partial charge in [-0.3, -0.25) is 0 Å². The fraction of sp³-hybridized carbons (Fsp3) is 0.259. The van der Waals surface area contributed by atoms with E-state index >= 15 is 0 Å². The van der Waals surface area contributed by atoms with Crippen LogP contribution >= 0.6 is 0 Å². The van der Waals surface area contributed by atoms with Crippen LogP contribution < -0.4 is 0 Å². The van der Waals surface area contributed by atoms with Crippen molar-refractivity contribution in [3.63, 3.8) is 0 Å². The Morgan fingerprint density at radius 3 is 1.42 bits per heavy atom. The third-order valence-corrected chi connectivity index (χ3v) is 5.34. The second-order valence-corrected chi connectivity index (χ2v) is 7.66. The summed E-state index contributed by atoms with van der Waals surface area (Å²) in [5, 5.41) is 10.7. The molecule has 4 heteroatoms. The first-order valence-corrected chi connectivity index (χ1v) is 10.6. The van der Waals surface area contributed by atoms with Crippen molar-refractivity contribution in [2.24, 2.45) is 0 Å². The van der Waals surface area contributed by atoms with E-state index in [2.05, 4.69) is 0 Å². The molecular weight excluding hydrogens is 388 g/mol. The van der Waals surface area contributed by atoms with E-state index < -0.39 is 18.3 Å². The van der Waals surface area contributed by atoms with Crippen LogP contribution in [0.3, 0.4) is 0 Å². The molecule has 0 radical (unpaired) electrons. The highest BCUT2D eigenvalue weighted by Gasteiger charge is 2.38. The van der Waals surface area contributed by atoms with Crippen LogP contribution in [-0.4, -0.2) is 29.5 Å². The van der Waals surface area contributed by atoms with E-state index in [0.717, 1.165) is 16.7 Å². The van der Waals surface area contributed by atoms with Gasteiger partial charge in [-0.05, 0) is 16.7 Å². The lowest BCUT2D eigenvalue weighted by atomic mass is 9.95. The molecule has 0 fully saturated rings. The van der Waals surface area contributed by atoms with Gasteiger partial charge in [-0.25, -0.2) is 0 Å². The van der Waals surface area contributed by atoms with Gasteiger partial charge < -0.3 is 19.3 Å². The summed E-state index contributed by atoms with van der Waals surface area (Å²) in [5.41, 5.74) is 3.20. The second-order valence-electron chi connectivity index (χ2n) is 7.66. The van der Waals surface area contributed by atoms with E-state index in [1.54, 1.807) is 6.08 Å². The van der Waals surface area contributed by atoms with Gasteiger partial charge in [-0.1, -0.05) is 103 Å². The Kier molecular flexibility index (Phi) is 7.64. The highest BCUT2D eigenvalue weighted by molar-refractivity contribution is 5.17. The summed E-state index contributed by atoms with van der Waals surface area (Å²) >= 11 is 0. The van der Waals surface area contributed by atoms with Crippen molar-refractivity contribution in [2.45, 2.75) is 44.2 Å². The van der Waals surface area contributed by atoms with E-state index in [9.17, 15) is 5.11 Å². The Bertz CT molecular complexity index is 927. The molecule has 0 saturated carbocycles. The minimum Gasteiger partial charge on any atom is -0.386 e. The molecule has 0 aliphatic heterocycles. The second kappa shape index (κ2) is 11.0. The van der Waals surface area contributed by atoms with E-state index in [0.29, 0.717) is 19.8 Å². The summed E-state index contributed by atoms with van der Waals surface area (Å²) in [7, 11) is 0. The van der Waals surface area contributed by atoms with Crippen molar-refractivity contribution in [1.29, 1.82) is 0 Å². The fourth-order valence-corrected chi connectivity index (χ4v) is 3.66. The Hall–Kier alpha value is -2.76. The number of hydrogen-bond donors (Lipinski definition) is 1. The zero-order valence-corrected chi connectivity index (χ0v) is 17.4. The number of hydrogen-bond acceptors (Lipinski definition) is 4. The molecule has 0 aromatic heterocycles. The molecule has 0 amide bonds. The Labute approximate surface area is 183 Å². The molecule has 4 atom stereocenters. The van der Waals surface area contributed by atoms with Gasteiger partial charge in [0.15, 0.2) is 0 Å². The van der Waals surface area contributed by atoms with Gasteiger partial charge >= 0.3 is 0 Å². The quantitative estimate of drug-likeness (QED) is 0.515. The van der Waals surface area contributed by atoms with Crippen molar-refractivity contribution in [3.05, 3.63) is 120 Å². The zero-order valence-electron chi connectivity index (χ0n) is 17.4. The molecule has 1 aliphatic rings. The van der Waals surface area contributed by atoms with Crippen molar-refractivity contribution in [3.8, 4) is 0 Å². The van der Waals surface area contributed by atoms with Crippen molar-refractivity contribution in [1.82, 2.24) is 0 Å². The molecular formula is C27H28O4. The van der Waals surface area contributed by atoms with Crippen LogP contribution in [0.1, 0.15) is 16.7 Å². The molecule has 3 aromatic rings. The molecule has 0 bridgehead atoms. The third kappa shape index (κ3) is 6.12. The van der Waals surface area contributed by atoms with Crippen LogP contribution in [0.25, 0.3) is 0 Å². The average Bonchev–Trinajstić information content (AvgIpc) is 2.83. The highest BCUT2D eigenvalue weighted by atomic mass is 16.6. The predicted molar refractivity (Wildman–Crippen MR) is 120 cm³/mol. The summed E-state index contributed by atoms with van der Waals surface area (Å²) in [5.74, 6) is 0. The molecule has 160 valence electrons. The maximum absolute atomic E-state index is 10.7. The van der Waals surface area contributed by atoms with E-state index in [4.69, 9.17) is 14.2 Å². The zero-order chi connectivity index (χ0) is 21.3. The smallest absolute Gasteiger partial charge is 0.117 e. The maximum Gasteiger partial charge on any atom is 0.117 e. The van der Waals surface area contributed by atoms with Crippen molar-refractivity contribution >= 4 is 0 Å². The van der Waals surface area contributed by atoms with Crippen LogP contribution in [0.4, 0.5) is 0 Å². The summed E-state index contributed by atoms with van der Waals surface area (Å²) in [6, 6.07) is 30.0. The first-order valence-electron chi connectivity index (χ1n) is 10.6. The van der Waals surface area contributed by atoms with E-state index in [1.807, 2.05) is 97.1 Å². The molecule has 2 unspecified atom stereocenters. The number of benzene rings is 3. The normalized spacial score (nSPS) is 23.0. The number of aliphatic hydroxyl groups is 1. The predicted octanol–water partition coefficient (Wildman–Crippen LogP) is 4.67. The number of ether oxygens (including phenoxy) is 3. The topological polar surface area (TPSA) is 47.9 Å². The van der Waals surface area contributed by atoms with E-state index in [-0.39, 0.29) is 6.10 Å². The van der Waals surface area contributed by atoms with Crippen LogP contribution in [0.15, 0.2) is 103 Å². The molecule has 4 rings (SSSR count). The van der Waals surface area contributed by atoms with Gasteiger partial charge in [0.25, 0.3) is 0 Å². The number of aliphatic hydroxyl groups excluding tert-OH is 1. The minimum absolute atomic E-state index is 0.326. The first kappa shape index (κ1) is 21.5. The first-order chi connectivity index (χ1) is 15.3. The molecule has 3 aromatic carbocycles. The lowest BCUT2D eigenvalue weighted by Gasteiger charge is -2.37. The summed E-state index contributed by atoms with van der Waals surface area (Å²) in [6.07, 6.45) is 1.57. The lowest BCUT2D eigenvalue weighted by molar-refractivity contribution is -0.167. The highest BCUT2D eigenvalue weighted by Crippen LogP contribution is 2.25.